The van der Waals surface area contributed by atoms with E-state index in [-0.39, 0.29) is 11.8 Å². The van der Waals surface area contributed by atoms with E-state index in [0.717, 1.165) is 10.9 Å². The summed E-state index contributed by atoms with van der Waals surface area (Å²) < 4.78 is 0.793. The lowest BCUT2D eigenvalue weighted by Gasteiger charge is -2.08. The molecule has 0 radical (unpaired) electrons. The van der Waals surface area contributed by atoms with Crippen LogP contribution < -0.4 is 5.32 Å². The Morgan fingerprint density at radius 1 is 1.59 bits per heavy atom. The van der Waals surface area contributed by atoms with Gasteiger partial charge in [-0.15, -0.1) is 0 Å². The molecule has 5 nitrogen and oxygen atoms in total. The Morgan fingerprint density at radius 3 is 2.88 bits per heavy atom. The van der Waals surface area contributed by atoms with Gasteiger partial charge in [0, 0.05) is 17.1 Å². The van der Waals surface area contributed by atoms with E-state index in [4.69, 9.17) is 5.11 Å². The second kappa shape index (κ2) is 6.56. The van der Waals surface area contributed by atoms with Crippen LogP contribution in [-0.2, 0) is 0 Å². The molecule has 0 heterocycles. The predicted octanol–water partition coefficient (Wildman–Crippen LogP) is 2.93. The summed E-state index contributed by atoms with van der Waals surface area (Å²) >= 11 is 3.28. The molecule has 0 aliphatic heterocycles. The quantitative estimate of drug-likeness (QED) is 0.481. The van der Waals surface area contributed by atoms with Crippen LogP contribution in [0.15, 0.2) is 22.7 Å². The van der Waals surface area contributed by atoms with Gasteiger partial charge in [0.15, 0.2) is 0 Å². The summed E-state index contributed by atoms with van der Waals surface area (Å²) in [6.07, 6.45) is 1.10. The molecule has 0 saturated carbocycles. The van der Waals surface area contributed by atoms with Gasteiger partial charge in [0.25, 0.3) is 5.69 Å². The third-order valence-corrected chi connectivity index (χ3v) is 2.76. The van der Waals surface area contributed by atoms with Gasteiger partial charge in [-0.3, -0.25) is 10.1 Å². The van der Waals surface area contributed by atoms with E-state index >= 15 is 0 Å². The van der Waals surface area contributed by atoms with Gasteiger partial charge >= 0.3 is 0 Å². The van der Waals surface area contributed by atoms with Gasteiger partial charge in [0.1, 0.15) is 5.69 Å². The molecule has 1 aromatic carbocycles. The first-order chi connectivity index (χ1) is 8.00. The van der Waals surface area contributed by atoms with Crippen molar-refractivity contribution in [2.75, 3.05) is 11.9 Å². The summed E-state index contributed by atoms with van der Waals surface area (Å²) in [6.45, 7) is 2.32. The molecule has 0 saturated heterocycles. The normalized spacial score (nSPS) is 12.2. The molecule has 2 N–H and O–H groups in total. The summed E-state index contributed by atoms with van der Waals surface area (Å²) in [5.41, 5.74) is 0.556. The number of nitro benzene ring substituents is 1. The Hall–Kier alpha value is -1.14. The molecule has 0 aliphatic carbocycles. The van der Waals surface area contributed by atoms with E-state index in [0.29, 0.717) is 18.7 Å². The largest absolute Gasteiger partial charge is 0.393 e. The van der Waals surface area contributed by atoms with Crippen molar-refractivity contribution < 1.29 is 10.0 Å². The van der Waals surface area contributed by atoms with Crippen LogP contribution in [0.5, 0.6) is 0 Å². The lowest BCUT2D eigenvalue weighted by molar-refractivity contribution is -0.384. The maximum atomic E-state index is 10.8. The van der Waals surface area contributed by atoms with Crippen LogP contribution in [0.1, 0.15) is 19.8 Å². The second-order valence-corrected chi connectivity index (χ2v) is 4.75. The summed E-state index contributed by atoms with van der Waals surface area (Å²) in [7, 11) is 0. The highest BCUT2D eigenvalue weighted by molar-refractivity contribution is 9.10. The van der Waals surface area contributed by atoms with Gasteiger partial charge in [0.05, 0.1) is 11.0 Å². The molecule has 0 aliphatic rings. The van der Waals surface area contributed by atoms with Gasteiger partial charge in [-0.2, -0.15) is 0 Å². The maximum absolute atomic E-state index is 10.8. The Morgan fingerprint density at radius 2 is 2.29 bits per heavy atom. The molecule has 1 rings (SSSR count). The molecule has 6 heteroatoms. The van der Waals surface area contributed by atoms with Gasteiger partial charge < -0.3 is 10.4 Å². The Kier molecular flexibility index (Phi) is 5.37. The van der Waals surface area contributed by atoms with E-state index in [1.54, 1.807) is 19.1 Å². The number of halogens is 1. The molecule has 17 heavy (non-hydrogen) atoms. The van der Waals surface area contributed by atoms with Crippen LogP contribution >= 0.6 is 15.9 Å². The molecule has 1 aromatic rings. The molecule has 1 unspecified atom stereocenters. The molecule has 0 spiro atoms. The lowest BCUT2D eigenvalue weighted by Crippen LogP contribution is -2.07. The molecule has 0 bridgehead atoms. The van der Waals surface area contributed by atoms with Crippen molar-refractivity contribution in [3.8, 4) is 0 Å². The van der Waals surface area contributed by atoms with Gasteiger partial charge in [-0.25, -0.2) is 0 Å². The molecule has 0 amide bonds. The number of rotatable bonds is 6. The maximum Gasteiger partial charge on any atom is 0.292 e. The summed E-state index contributed by atoms with van der Waals surface area (Å²) in [6, 6.07) is 4.78. The van der Waals surface area contributed by atoms with E-state index in [1.165, 1.54) is 6.07 Å². The van der Waals surface area contributed by atoms with E-state index in [1.807, 2.05) is 0 Å². The number of nitrogens with one attached hydrogen (secondary N) is 1. The SMILES string of the molecule is CC(O)CCCNc1cc(Br)ccc1[N+](=O)[O-]. The average Bonchev–Trinajstić information content (AvgIpc) is 2.23. The summed E-state index contributed by atoms with van der Waals surface area (Å²) in [5.74, 6) is 0. The molecular weight excluding hydrogens is 288 g/mol. The number of nitro groups is 1. The van der Waals surface area contributed by atoms with E-state index in [9.17, 15) is 10.1 Å². The van der Waals surface area contributed by atoms with Crippen LogP contribution in [0.2, 0.25) is 0 Å². The van der Waals surface area contributed by atoms with Crippen molar-refractivity contribution in [3.63, 3.8) is 0 Å². The fraction of sp³-hybridized carbons (Fsp3) is 0.455. The van der Waals surface area contributed by atoms with Crippen LogP contribution in [0, 0.1) is 10.1 Å². The smallest absolute Gasteiger partial charge is 0.292 e. The number of aliphatic hydroxyl groups excluding tert-OH is 1. The zero-order valence-electron chi connectivity index (χ0n) is 9.52. The van der Waals surface area contributed by atoms with Crippen molar-refractivity contribution in [1.29, 1.82) is 0 Å². The van der Waals surface area contributed by atoms with Crippen molar-refractivity contribution >= 4 is 27.3 Å². The fourth-order valence-electron chi connectivity index (χ4n) is 1.43. The molecule has 94 valence electrons. The topological polar surface area (TPSA) is 75.4 Å². The lowest BCUT2D eigenvalue weighted by atomic mass is 10.2. The highest BCUT2D eigenvalue weighted by atomic mass is 79.9. The van der Waals surface area contributed by atoms with E-state index in [2.05, 4.69) is 21.2 Å². The van der Waals surface area contributed by atoms with Crippen LogP contribution in [-0.4, -0.2) is 22.7 Å². The number of hydrogen-bond acceptors (Lipinski definition) is 4. The number of nitrogens with zero attached hydrogens (tertiary/aromatic N) is 1. The Labute approximate surface area is 108 Å². The van der Waals surface area contributed by atoms with Crippen molar-refractivity contribution in [1.82, 2.24) is 0 Å². The first-order valence-corrected chi connectivity index (χ1v) is 6.16. The van der Waals surface area contributed by atoms with E-state index < -0.39 is 4.92 Å². The summed E-state index contributed by atoms with van der Waals surface area (Å²) in [4.78, 5) is 10.4. The van der Waals surface area contributed by atoms with Crippen LogP contribution in [0.3, 0.4) is 0 Å². The minimum atomic E-state index is -0.413. The molecular formula is C11H15BrN2O3. The zero-order valence-corrected chi connectivity index (χ0v) is 11.1. The number of benzene rings is 1. The Balaban J connectivity index is 2.62. The van der Waals surface area contributed by atoms with Crippen molar-refractivity contribution in [3.05, 3.63) is 32.8 Å². The monoisotopic (exact) mass is 302 g/mol. The molecule has 0 aromatic heterocycles. The van der Waals surface area contributed by atoms with Crippen LogP contribution in [0.4, 0.5) is 11.4 Å². The first kappa shape index (κ1) is 13.9. The third-order valence-electron chi connectivity index (χ3n) is 2.27. The van der Waals surface area contributed by atoms with Crippen molar-refractivity contribution in [2.45, 2.75) is 25.9 Å². The highest BCUT2D eigenvalue weighted by Gasteiger charge is 2.13. The number of hydrogen-bond donors (Lipinski definition) is 2. The predicted molar refractivity (Wildman–Crippen MR) is 70.2 cm³/mol. The minimum Gasteiger partial charge on any atom is -0.393 e. The number of anilines is 1. The highest BCUT2D eigenvalue weighted by Crippen LogP contribution is 2.27. The van der Waals surface area contributed by atoms with Gasteiger partial charge in [0.2, 0.25) is 0 Å². The minimum absolute atomic E-state index is 0.0604. The average molecular weight is 303 g/mol. The molecule has 0 fully saturated rings. The van der Waals surface area contributed by atoms with Gasteiger partial charge in [-0.1, -0.05) is 15.9 Å². The standard InChI is InChI=1S/C11H15BrN2O3/c1-8(15)3-2-6-13-10-7-9(12)4-5-11(10)14(16)17/h4-5,7-8,13,15H,2-3,6H2,1H3. The third kappa shape index (κ3) is 4.70. The molecule has 1 atom stereocenters. The second-order valence-electron chi connectivity index (χ2n) is 3.84. The summed E-state index contributed by atoms with van der Waals surface area (Å²) in [5, 5.41) is 22.9. The number of aliphatic hydroxyl groups is 1. The fourth-order valence-corrected chi connectivity index (χ4v) is 1.79. The van der Waals surface area contributed by atoms with Crippen molar-refractivity contribution in [2.24, 2.45) is 0 Å². The zero-order chi connectivity index (χ0) is 12.8. The Bertz CT molecular complexity index is 396. The first-order valence-electron chi connectivity index (χ1n) is 5.36. The van der Waals surface area contributed by atoms with Gasteiger partial charge in [-0.05, 0) is 31.9 Å². The van der Waals surface area contributed by atoms with Crippen LogP contribution in [0.25, 0.3) is 0 Å².